The monoisotopic (exact) mass is 349 g/mol. The number of nitrogens with two attached hydrogens (primary N) is 1. The van der Waals surface area contributed by atoms with Crippen LogP contribution in [0.15, 0.2) is 6.20 Å². The van der Waals surface area contributed by atoms with Gasteiger partial charge in [0.15, 0.2) is 5.69 Å². The van der Waals surface area contributed by atoms with E-state index >= 15 is 0 Å². The number of imidazole rings is 1. The van der Waals surface area contributed by atoms with Crippen LogP contribution < -0.4 is 5.14 Å². The van der Waals surface area contributed by atoms with E-state index in [9.17, 15) is 18.5 Å². The van der Waals surface area contributed by atoms with Crippen molar-refractivity contribution < 1.29 is 22.3 Å². The van der Waals surface area contributed by atoms with Gasteiger partial charge in [0, 0.05) is 26.1 Å². The largest absolute Gasteiger partial charge is 0.434 e. The quantitative estimate of drug-likeness (QED) is 0.459. The van der Waals surface area contributed by atoms with Gasteiger partial charge in [-0.1, -0.05) is 4.98 Å². The smallest absolute Gasteiger partial charge is 0.390 e. The van der Waals surface area contributed by atoms with Gasteiger partial charge in [0.05, 0.1) is 26.4 Å². The predicted molar refractivity (Wildman–Crippen MR) is 78.9 cm³/mol. The first-order valence-corrected chi connectivity index (χ1v) is 8.50. The van der Waals surface area contributed by atoms with Crippen LogP contribution in [0.2, 0.25) is 0 Å². The average Bonchev–Trinajstić information content (AvgIpc) is 2.88. The van der Waals surface area contributed by atoms with Crippen molar-refractivity contribution in [1.29, 1.82) is 0 Å². The summed E-state index contributed by atoms with van der Waals surface area (Å²) >= 11 is 0. The fraction of sp³-hybridized carbons (Fsp3) is 0.727. The van der Waals surface area contributed by atoms with Crippen LogP contribution in [-0.2, 0) is 32.2 Å². The molecule has 1 aromatic rings. The van der Waals surface area contributed by atoms with E-state index in [2.05, 4.69) is 14.1 Å². The van der Waals surface area contributed by atoms with Crippen LogP contribution >= 0.6 is 0 Å². The third-order valence-electron chi connectivity index (χ3n) is 3.34. The number of rotatable bonds is 8. The number of morpholine rings is 1. The second-order valence-electron chi connectivity index (χ2n) is 5.00. The summed E-state index contributed by atoms with van der Waals surface area (Å²) in [4.78, 5) is 16.5. The lowest BCUT2D eigenvalue weighted by molar-refractivity contribution is -0.396. The summed E-state index contributed by atoms with van der Waals surface area (Å²) in [5.41, 5.74) is 0.377. The Kier molecular flexibility index (Phi) is 6.01. The van der Waals surface area contributed by atoms with Gasteiger partial charge >= 0.3 is 16.3 Å². The van der Waals surface area contributed by atoms with Crippen LogP contribution in [0.5, 0.6) is 0 Å². The molecule has 0 radical (unpaired) electrons. The first-order valence-electron chi connectivity index (χ1n) is 7.03. The highest BCUT2D eigenvalue weighted by Gasteiger charge is 2.21. The molecule has 0 aliphatic carbocycles. The van der Waals surface area contributed by atoms with Crippen molar-refractivity contribution in [3.05, 3.63) is 22.0 Å². The highest BCUT2D eigenvalue weighted by molar-refractivity contribution is 7.84. The first kappa shape index (κ1) is 17.7. The number of hydrogen-bond donors (Lipinski definition) is 1. The van der Waals surface area contributed by atoms with Crippen LogP contribution in [0.1, 0.15) is 5.69 Å². The summed E-state index contributed by atoms with van der Waals surface area (Å²) < 4.78 is 32.5. The van der Waals surface area contributed by atoms with Gasteiger partial charge in [-0.2, -0.15) is 8.42 Å². The molecule has 1 aromatic heterocycles. The molecule has 12 heteroatoms. The van der Waals surface area contributed by atoms with Crippen molar-refractivity contribution >= 4 is 16.3 Å². The maximum Gasteiger partial charge on any atom is 0.434 e. The number of hydrogen-bond acceptors (Lipinski definition) is 8. The minimum atomic E-state index is -4.03. The summed E-state index contributed by atoms with van der Waals surface area (Å²) in [7, 11) is -4.03. The van der Waals surface area contributed by atoms with Crippen molar-refractivity contribution in [2.75, 3.05) is 39.5 Å². The molecule has 0 bridgehead atoms. The lowest BCUT2D eigenvalue weighted by Gasteiger charge is -2.25. The van der Waals surface area contributed by atoms with E-state index in [0.29, 0.717) is 32.0 Å². The molecule has 1 aliphatic heterocycles. The Hall–Kier alpha value is -1.60. The van der Waals surface area contributed by atoms with E-state index in [1.807, 2.05) is 0 Å². The summed E-state index contributed by atoms with van der Waals surface area (Å²) in [6, 6.07) is 0. The Morgan fingerprint density at radius 3 is 2.70 bits per heavy atom. The second-order valence-corrected chi connectivity index (χ2v) is 6.22. The van der Waals surface area contributed by atoms with Crippen molar-refractivity contribution in [1.82, 2.24) is 14.5 Å². The van der Waals surface area contributed by atoms with Gasteiger partial charge in [-0.25, -0.2) is 9.71 Å². The summed E-state index contributed by atoms with van der Waals surface area (Å²) in [5.74, 6) is -0.274. The number of aromatic nitrogens is 2. The molecule has 23 heavy (non-hydrogen) atoms. The van der Waals surface area contributed by atoms with Crippen molar-refractivity contribution in [3.63, 3.8) is 0 Å². The van der Waals surface area contributed by atoms with Crippen molar-refractivity contribution in [2.45, 2.75) is 13.0 Å². The molecule has 11 nitrogen and oxygen atoms in total. The first-order chi connectivity index (χ1) is 10.8. The van der Waals surface area contributed by atoms with Gasteiger partial charge in [0.1, 0.15) is 6.20 Å². The lowest BCUT2D eigenvalue weighted by Crippen LogP contribution is -2.38. The van der Waals surface area contributed by atoms with Crippen molar-refractivity contribution in [3.8, 4) is 0 Å². The second kappa shape index (κ2) is 7.79. The molecule has 2 heterocycles. The fourth-order valence-corrected chi connectivity index (χ4v) is 2.54. The molecule has 0 saturated carbocycles. The average molecular weight is 349 g/mol. The number of nitrogens with zero attached hydrogens (tertiary/aromatic N) is 4. The zero-order chi connectivity index (χ0) is 16.9. The SMILES string of the molecule is NS(=O)(=O)OCCc1cn(CCN2CCOCC2)c([N+](=O)[O-])n1. The van der Waals surface area contributed by atoms with Gasteiger partial charge < -0.3 is 14.9 Å². The van der Waals surface area contributed by atoms with E-state index in [-0.39, 0.29) is 19.0 Å². The third-order valence-corrected chi connectivity index (χ3v) is 3.83. The Morgan fingerprint density at radius 2 is 2.09 bits per heavy atom. The maximum atomic E-state index is 11.1. The van der Waals surface area contributed by atoms with E-state index in [1.165, 1.54) is 10.8 Å². The molecule has 1 saturated heterocycles. The standard InChI is InChI=1S/C11H19N5O6S/c12-23(19,20)22-6-1-10-9-15(11(13-10)16(17)18)3-2-14-4-7-21-8-5-14/h9H,1-8H2,(H2,12,19,20). The molecule has 0 atom stereocenters. The van der Waals surface area contributed by atoms with Gasteiger partial charge in [-0.05, 0) is 4.92 Å². The van der Waals surface area contributed by atoms with Crippen molar-refractivity contribution in [2.24, 2.45) is 5.14 Å². The van der Waals surface area contributed by atoms with Gasteiger partial charge in [0.25, 0.3) is 0 Å². The minimum absolute atomic E-state index is 0.113. The Labute approximate surface area is 133 Å². The van der Waals surface area contributed by atoms with Crippen LogP contribution in [-0.4, -0.2) is 67.2 Å². The van der Waals surface area contributed by atoms with Gasteiger partial charge in [0.2, 0.25) is 0 Å². The van der Waals surface area contributed by atoms with Crippen LogP contribution in [0.3, 0.4) is 0 Å². The molecular weight excluding hydrogens is 330 g/mol. The van der Waals surface area contributed by atoms with E-state index < -0.39 is 15.2 Å². The Balaban J connectivity index is 1.95. The number of nitro groups is 1. The molecule has 0 aromatic carbocycles. The minimum Gasteiger partial charge on any atom is -0.390 e. The lowest BCUT2D eigenvalue weighted by atomic mass is 10.3. The molecule has 0 unspecified atom stereocenters. The van der Waals surface area contributed by atoms with E-state index in [1.54, 1.807) is 0 Å². The topological polar surface area (TPSA) is 143 Å². The van der Waals surface area contributed by atoms with Crippen LogP contribution in [0, 0.1) is 10.1 Å². The normalized spacial score (nSPS) is 16.6. The van der Waals surface area contributed by atoms with Crippen LogP contribution in [0.4, 0.5) is 5.95 Å². The zero-order valence-electron chi connectivity index (χ0n) is 12.5. The number of ether oxygens (including phenoxy) is 1. The zero-order valence-corrected chi connectivity index (χ0v) is 13.3. The Morgan fingerprint density at radius 1 is 1.39 bits per heavy atom. The molecule has 2 N–H and O–H groups in total. The summed E-state index contributed by atoms with van der Waals surface area (Å²) in [6.07, 6.45) is 1.65. The molecule has 1 aliphatic rings. The van der Waals surface area contributed by atoms with E-state index in [0.717, 1.165) is 13.1 Å². The molecular formula is C11H19N5O6S. The van der Waals surface area contributed by atoms with Gasteiger partial charge in [-0.3, -0.25) is 9.08 Å². The molecule has 2 rings (SSSR count). The van der Waals surface area contributed by atoms with Gasteiger partial charge in [-0.15, -0.1) is 0 Å². The molecule has 130 valence electrons. The molecule has 1 fully saturated rings. The predicted octanol–water partition coefficient (Wildman–Crippen LogP) is -1.11. The highest BCUT2D eigenvalue weighted by atomic mass is 32.2. The van der Waals surface area contributed by atoms with Crippen LogP contribution in [0.25, 0.3) is 0 Å². The molecule has 0 spiro atoms. The maximum absolute atomic E-state index is 11.1. The highest BCUT2D eigenvalue weighted by Crippen LogP contribution is 2.13. The third kappa shape index (κ3) is 5.84. The fourth-order valence-electron chi connectivity index (χ4n) is 2.23. The molecule has 0 amide bonds. The summed E-state index contributed by atoms with van der Waals surface area (Å²) in [5, 5.41) is 15.8. The Bertz CT molecular complexity index is 639. The van der Waals surface area contributed by atoms with E-state index in [4.69, 9.17) is 9.88 Å². The summed E-state index contributed by atoms with van der Waals surface area (Å²) in [6.45, 7) is 3.74.